The zero-order valence-electron chi connectivity index (χ0n) is 12.8. The minimum absolute atomic E-state index is 0.248. The lowest BCUT2D eigenvalue weighted by atomic mass is 9.97. The third-order valence-corrected chi connectivity index (χ3v) is 3.82. The molecule has 0 aliphatic heterocycles. The van der Waals surface area contributed by atoms with Gasteiger partial charge in [0.2, 0.25) is 0 Å². The second-order valence-corrected chi connectivity index (χ2v) is 5.37. The van der Waals surface area contributed by atoms with Crippen molar-refractivity contribution >= 4 is 5.97 Å². The van der Waals surface area contributed by atoms with Gasteiger partial charge in [0.15, 0.2) is 0 Å². The van der Waals surface area contributed by atoms with Gasteiger partial charge in [-0.15, -0.1) is 0 Å². The predicted molar refractivity (Wildman–Crippen MR) is 83.6 cm³/mol. The van der Waals surface area contributed by atoms with Crippen LogP contribution in [0.4, 0.5) is 0 Å². The van der Waals surface area contributed by atoms with E-state index in [1.54, 1.807) is 10.7 Å². The Labute approximate surface area is 125 Å². The molecule has 21 heavy (non-hydrogen) atoms. The predicted octanol–water partition coefficient (Wildman–Crippen LogP) is 4.17. The summed E-state index contributed by atoms with van der Waals surface area (Å²) in [5, 5.41) is 13.7. The van der Waals surface area contributed by atoms with Crippen molar-refractivity contribution in [1.82, 2.24) is 9.78 Å². The molecule has 4 heteroatoms. The summed E-state index contributed by atoms with van der Waals surface area (Å²) in [5.74, 6) is -0.398. The van der Waals surface area contributed by atoms with E-state index < -0.39 is 5.97 Å². The van der Waals surface area contributed by atoms with Gasteiger partial charge in [-0.05, 0) is 30.4 Å². The average Bonchev–Trinajstić information content (AvgIpc) is 2.91. The molecule has 0 saturated carbocycles. The van der Waals surface area contributed by atoms with Crippen LogP contribution in [0.1, 0.15) is 55.6 Å². The first-order valence-electron chi connectivity index (χ1n) is 7.48. The van der Waals surface area contributed by atoms with E-state index in [0.29, 0.717) is 12.5 Å². The summed E-state index contributed by atoms with van der Waals surface area (Å²) in [4.78, 5) is 11.3. The van der Waals surface area contributed by atoms with Crippen molar-refractivity contribution in [3.05, 3.63) is 41.6 Å². The molecule has 112 valence electrons. The monoisotopic (exact) mass is 286 g/mol. The highest BCUT2D eigenvalue weighted by Crippen LogP contribution is 2.24. The second kappa shape index (κ2) is 6.57. The Balaban J connectivity index is 2.33. The second-order valence-electron chi connectivity index (χ2n) is 5.37. The van der Waals surface area contributed by atoms with E-state index in [9.17, 15) is 9.90 Å². The Morgan fingerprint density at radius 3 is 2.48 bits per heavy atom. The molecule has 0 radical (unpaired) electrons. The summed E-state index contributed by atoms with van der Waals surface area (Å²) in [7, 11) is 0. The lowest BCUT2D eigenvalue weighted by Gasteiger charge is -2.08. The molecule has 1 atom stereocenters. The maximum absolute atomic E-state index is 11.3. The zero-order chi connectivity index (χ0) is 15.4. The lowest BCUT2D eigenvalue weighted by Crippen LogP contribution is -2.09. The van der Waals surface area contributed by atoms with Crippen LogP contribution in [0.15, 0.2) is 30.3 Å². The first-order valence-corrected chi connectivity index (χ1v) is 7.48. The summed E-state index contributed by atoms with van der Waals surface area (Å²) in [6.45, 7) is 7.00. The fourth-order valence-corrected chi connectivity index (χ4v) is 2.33. The van der Waals surface area contributed by atoms with Crippen LogP contribution in [-0.4, -0.2) is 20.9 Å². The summed E-state index contributed by atoms with van der Waals surface area (Å²) in [5.41, 5.74) is 3.22. The van der Waals surface area contributed by atoms with Crippen LogP contribution >= 0.6 is 0 Å². The maximum atomic E-state index is 11.3. The number of aryl methyl sites for hydroxylation is 1. The molecule has 0 spiro atoms. The molecule has 0 aliphatic carbocycles. The Kier molecular flexibility index (Phi) is 4.78. The normalized spacial score (nSPS) is 12.3. The molecule has 0 fully saturated rings. The molecule has 1 N–H and O–H groups in total. The minimum atomic E-state index is -0.932. The van der Waals surface area contributed by atoms with Crippen molar-refractivity contribution in [1.29, 1.82) is 0 Å². The zero-order valence-corrected chi connectivity index (χ0v) is 12.8. The van der Waals surface area contributed by atoms with Crippen LogP contribution in [0.5, 0.6) is 0 Å². The van der Waals surface area contributed by atoms with Crippen LogP contribution in [0.2, 0.25) is 0 Å². The lowest BCUT2D eigenvalue weighted by molar-refractivity contribution is 0.0683. The van der Waals surface area contributed by atoms with Crippen LogP contribution in [0, 0.1) is 0 Å². The number of aromatic carboxylic acids is 1. The summed E-state index contributed by atoms with van der Waals surface area (Å²) < 4.78 is 1.57. The third kappa shape index (κ3) is 3.32. The molecule has 2 aromatic rings. The minimum Gasteiger partial charge on any atom is -0.477 e. The van der Waals surface area contributed by atoms with Crippen molar-refractivity contribution < 1.29 is 9.90 Å². The number of nitrogens with zero attached hydrogens (tertiary/aromatic N) is 2. The number of hydrogen-bond acceptors (Lipinski definition) is 2. The van der Waals surface area contributed by atoms with E-state index in [-0.39, 0.29) is 5.69 Å². The Morgan fingerprint density at radius 1 is 1.29 bits per heavy atom. The molecule has 0 bridgehead atoms. The van der Waals surface area contributed by atoms with Gasteiger partial charge in [-0.1, -0.05) is 45.0 Å². The molecule has 1 heterocycles. The van der Waals surface area contributed by atoms with Crippen LogP contribution in [0.25, 0.3) is 11.3 Å². The topological polar surface area (TPSA) is 55.1 Å². The molecule has 1 aromatic carbocycles. The van der Waals surface area contributed by atoms with Gasteiger partial charge >= 0.3 is 5.97 Å². The van der Waals surface area contributed by atoms with Gasteiger partial charge < -0.3 is 5.11 Å². The van der Waals surface area contributed by atoms with E-state index in [2.05, 4.69) is 31.1 Å². The van der Waals surface area contributed by atoms with Crippen molar-refractivity contribution in [3.63, 3.8) is 0 Å². The fraction of sp³-hybridized carbons (Fsp3) is 0.412. The van der Waals surface area contributed by atoms with Gasteiger partial charge in [-0.2, -0.15) is 5.10 Å². The van der Waals surface area contributed by atoms with Gasteiger partial charge in [0.25, 0.3) is 0 Å². The van der Waals surface area contributed by atoms with Crippen molar-refractivity contribution in [2.75, 3.05) is 0 Å². The van der Waals surface area contributed by atoms with Crippen molar-refractivity contribution in [2.24, 2.45) is 0 Å². The van der Waals surface area contributed by atoms with E-state index in [4.69, 9.17) is 0 Å². The van der Waals surface area contributed by atoms with Crippen molar-refractivity contribution in [2.45, 2.75) is 46.1 Å². The Morgan fingerprint density at radius 2 is 1.95 bits per heavy atom. The van der Waals surface area contributed by atoms with Gasteiger partial charge in [0, 0.05) is 12.1 Å². The largest absolute Gasteiger partial charge is 0.477 e. The number of hydrogen-bond donors (Lipinski definition) is 1. The van der Waals surface area contributed by atoms with E-state index in [1.807, 2.05) is 19.1 Å². The highest BCUT2D eigenvalue weighted by molar-refractivity contribution is 5.87. The molecule has 2 rings (SSSR count). The molecule has 0 saturated heterocycles. The van der Waals surface area contributed by atoms with Crippen LogP contribution < -0.4 is 0 Å². The molecule has 0 amide bonds. The maximum Gasteiger partial charge on any atom is 0.354 e. The quantitative estimate of drug-likeness (QED) is 0.867. The molecule has 0 aliphatic rings. The molecule has 4 nitrogen and oxygen atoms in total. The summed E-state index contributed by atoms with van der Waals surface area (Å²) >= 11 is 0. The molecule has 1 aromatic heterocycles. The molecular weight excluding hydrogens is 264 g/mol. The van der Waals surface area contributed by atoms with Crippen LogP contribution in [0.3, 0.4) is 0 Å². The smallest absolute Gasteiger partial charge is 0.354 e. The number of aromatic nitrogens is 2. The highest BCUT2D eigenvalue weighted by Gasteiger charge is 2.15. The van der Waals surface area contributed by atoms with Gasteiger partial charge in [-0.3, -0.25) is 4.68 Å². The number of carbonyl (C=O) groups is 1. The average molecular weight is 286 g/mol. The SMILES string of the molecule is CCCn1nc(-c2ccc(C(C)CC)cc2)cc1C(=O)O. The third-order valence-electron chi connectivity index (χ3n) is 3.82. The number of benzene rings is 1. The first-order chi connectivity index (χ1) is 10.1. The Bertz CT molecular complexity index is 614. The standard InChI is InChI=1S/C17H22N2O2/c1-4-10-19-16(17(20)21)11-15(18-19)14-8-6-13(7-9-14)12(3)5-2/h6-9,11-12H,4-5,10H2,1-3H3,(H,20,21). The number of carboxylic acids is 1. The van der Waals surface area contributed by atoms with E-state index in [0.717, 1.165) is 24.1 Å². The molecular formula is C17H22N2O2. The highest BCUT2D eigenvalue weighted by atomic mass is 16.4. The summed E-state index contributed by atoms with van der Waals surface area (Å²) in [6.07, 6.45) is 1.96. The molecule has 1 unspecified atom stereocenters. The van der Waals surface area contributed by atoms with E-state index in [1.165, 1.54) is 5.56 Å². The fourth-order valence-electron chi connectivity index (χ4n) is 2.33. The summed E-state index contributed by atoms with van der Waals surface area (Å²) in [6, 6.07) is 9.89. The van der Waals surface area contributed by atoms with Gasteiger partial charge in [0.1, 0.15) is 5.69 Å². The van der Waals surface area contributed by atoms with E-state index >= 15 is 0 Å². The first kappa shape index (κ1) is 15.3. The Hall–Kier alpha value is -2.10. The van der Waals surface area contributed by atoms with Gasteiger partial charge in [-0.25, -0.2) is 4.79 Å². The van der Waals surface area contributed by atoms with Crippen LogP contribution in [-0.2, 0) is 6.54 Å². The number of carboxylic acid groups (broad SMARTS) is 1. The van der Waals surface area contributed by atoms with Gasteiger partial charge in [0.05, 0.1) is 5.69 Å². The number of rotatable bonds is 6. The van der Waals surface area contributed by atoms with Crippen molar-refractivity contribution in [3.8, 4) is 11.3 Å².